The lowest BCUT2D eigenvalue weighted by atomic mass is 10.1. The summed E-state index contributed by atoms with van der Waals surface area (Å²) in [5.74, 6) is -1.06. The standard InChI is InChI=1S/C24H22ClNO5/c1-2-16-8-21-19(11-20(16)25)18(10-23(28)31-21)14-30-24(29)17-9-22(27)26(13-17)12-15-6-4-3-5-7-15/h3-8,10-11,17H,2,9,12-14H2,1H3/t17-/m0/s1. The molecular weight excluding hydrogens is 418 g/mol. The minimum Gasteiger partial charge on any atom is -0.461 e. The first-order valence-corrected chi connectivity index (χ1v) is 10.6. The zero-order valence-corrected chi connectivity index (χ0v) is 17.9. The molecule has 1 amide bonds. The largest absolute Gasteiger partial charge is 0.461 e. The second kappa shape index (κ2) is 8.94. The lowest BCUT2D eigenvalue weighted by Crippen LogP contribution is -2.26. The van der Waals surface area contributed by atoms with Crippen LogP contribution in [0.25, 0.3) is 11.0 Å². The number of hydrogen-bond acceptors (Lipinski definition) is 5. The minimum atomic E-state index is -0.530. The summed E-state index contributed by atoms with van der Waals surface area (Å²) in [5, 5.41) is 1.19. The molecule has 7 heteroatoms. The van der Waals surface area contributed by atoms with Gasteiger partial charge in [-0.2, -0.15) is 0 Å². The number of esters is 1. The number of aryl methyl sites for hydroxylation is 1. The van der Waals surface area contributed by atoms with E-state index in [9.17, 15) is 14.4 Å². The van der Waals surface area contributed by atoms with Gasteiger partial charge in [0.2, 0.25) is 5.91 Å². The zero-order valence-electron chi connectivity index (χ0n) is 17.1. The lowest BCUT2D eigenvalue weighted by molar-refractivity contribution is -0.149. The van der Waals surface area contributed by atoms with Crippen LogP contribution in [0.15, 0.2) is 57.7 Å². The van der Waals surface area contributed by atoms with Crippen LogP contribution in [0.1, 0.15) is 30.0 Å². The normalized spacial score (nSPS) is 16.1. The molecule has 2 aromatic carbocycles. The molecule has 1 saturated heterocycles. The Morgan fingerprint density at radius 3 is 2.68 bits per heavy atom. The molecule has 4 rings (SSSR count). The van der Waals surface area contributed by atoms with E-state index in [1.54, 1.807) is 17.0 Å². The Morgan fingerprint density at radius 2 is 1.94 bits per heavy atom. The van der Waals surface area contributed by atoms with Gasteiger partial charge in [0.1, 0.15) is 12.2 Å². The molecule has 0 unspecified atom stereocenters. The van der Waals surface area contributed by atoms with E-state index in [4.69, 9.17) is 20.8 Å². The van der Waals surface area contributed by atoms with Gasteiger partial charge in [0, 0.05) is 41.5 Å². The second-order valence-electron chi connectivity index (χ2n) is 7.65. The highest BCUT2D eigenvalue weighted by Gasteiger charge is 2.35. The van der Waals surface area contributed by atoms with E-state index in [0.29, 0.717) is 41.1 Å². The first-order valence-electron chi connectivity index (χ1n) is 10.2. The summed E-state index contributed by atoms with van der Waals surface area (Å²) in [6, 6.07) is 14.4. The minimum absolute atomic E-state index is 0.0736. The molecule has 0 spiro atoms. The number of amides is 1. The van der Waals surface area contributed by atoms with Crippen molar-refractivity contribution >= 4 is 34.4 Å². The summed E-state index contributed by atoms with van der Waals surface area (Å²) in [4.78, 5) is 38.6. The molecule has 160 valence electrons. The first-order chi connectivity index (χ1) is 14.9. The molecule has 31 heavy (non-hydrogen) atoms. The maximum absolute atomic E-state index is 12.6. The van der Waals surface area contributed by atoms with Crippen LogP contribution in [0.3, 0.4) is 0 Å². The molecule has 0 saturated carbocycles. The molecule has 0 N–H and O–H groups in total. The van der Waals surface area contributed by atoms with E-state index in [1.165, 1.54) is 6.07 Å². The Kier molecular flexibility index (Phi) is 6.09. The molecule has 0 bridgehead atoms. The molecule has 6 nitrogen and oxygen atoms in total. The summed E-state index contributed by atoms with van der Waals surface area (Å²) in [5.41, 5.74) is 2.29. The van der Waals surface area contributed by atoms with Crippen molar-refractivity contribution in [3.8, 4) is 0 Å². The highest BCUT2D eigenvalue weighted by Crippen LogP contribution is 2.27. The van der Waals surface area contributed by atoms with E-state index >= 15 is 0 Å². The van der Waals surface area contributed by atoms with Crippen molar-refractivity contribution in [2.75, 3.05) is 6.54 Å². The number of halogens is 1. The average Bonchev–Trinajstić information content (AvgIpc) is 3.12. The van der Waals surface area contributed by atoms with Crippen LogP contribution in [0, 0.1) is 5.92 Å². The van der Waals surface area contributed by atoms with E-state index in [-0.39, 0.29) is 18.9 Å². The fraction of sp³-hybridized carbons (Fsp3) is 0.292. The van der Waals surface area contributed by atoms with Gasteiger partial charge in [-0.05, 0) is 29.7 Å². The summed E-state index contributed by atoms with van der Waals surface area (Å²) >= 11 is 6.31. The number of nitrogens with zero attached hydrogens (tertiary/aromatic N) is 1. The number of ether oxygens (including phenoxy) is 1. The van der Waals surface area contributed by atoms with Crippen molar-refractivity contribution < 1.29 is 18.7 Å². The fourth-order valence-electron chi connectivity index (χ4n) is 3.83. The van der Waals surface area contributed by atoms with Crippen LogP contribution < -0.4 is 5.63 Å². The maximum atomic E-state index is 12.6. The van der Waals surface area contributed by atoms with Crippen LogP contribution in [-0.4, -0.2) is 23.3 Å². The van der Waals surface area contributed by atoms with E-state index in [0.717, 1.165) is 11.1 Å². The third-order valence-electron chi connectivity index (χ3n) is 5.51. The number of benzene rings is 2. The molecule has 3 aromatic rings. The second-order valence-corrected chi connectivity index (χ2v) is 8.06. The fourth-order valence-corrected chi connectivity index (χ4v) is 4.13. The van der Waals surface area contributed by atoms with Gasteiger partial charge in [0.25, 0.3) is 0 Å². The average molecular weight is 440 g/mol. The monoisotopic (exact) mass is 439 g/mol. The van der Waals surface area contributed by atoms with Gasteiger partial charge < -0.3 is 14.1 Å². The Balaban J connectivity index is 1.45. The Hall–Kier alpha value is -3.12. The van der Waals surface area contributed by atoms with Crippen molar-refractivity contribution in [1.82, 2.24) is 4.90 Å². The summed E-state index contributed by atoms with van der Waals surface area (Å²) in [6.07, 6.45) is 0.821. The van der Waals surface area contributed by atoms with Crippen molar-refractivity contribution in [3.63, 3.8) is 0 Å². The number of likely N-dealkylation sites (tertiary alicyclic amines) is 1. The molecule has 1 aromatic heterocycles. The molecule has 0 radical (unpaired) electrons. The summed E-state index contributed by atoms with van der Waals surface area (Å²) < 4.78 is 10.8. The highest BCUT2D eigenvalue weighted by atomic mass is 35.5. The summed E-state index contributed by atoms with van der Waals surface area (Å²) in [7, 11) is 0. The molecule has 1 aliphatic heterocycles. The van der Waals surface area contributed by atoms with Crippen molar-refractivity contribution in [1.29, 1.82) is 0 Å². The van der Waals surface area contributed by atoms with Crippen LogP contribution >= 0.6 is 11.6 Å². The van der Waals surface area contributed by atoms with Gasteiger partial charge in [0.05, 0.1) is 5.92 Å². The van der Waals surface area contributed by atoms with Crippen molar-refractivity contribution in [2.24, 2.45) is 5.92 Å². The van der Waals surface area contributed by atoms with Gasteiger partial charge in [-0.25, -0.2) is 4.79 Å². The topological polar surface area (TPSA) is 76.8 Å². The van der Waals surface area contributed by atoms with Crippen molar-refractivity contribution in [2.45, 2.75) is 32.9 Å². The molecule has 1 aliphatic rings. The van der Waals surface area contributed by atoms with Crippen LogP contribution in [0.5, 0.6) is 0 Å². The molecule has 0 aliphatic carbocycles. The van der Waals surface area contributed by atoms with Crippen LogP contribution in [0.4, 0.5) is 0 Å². The van der Waals surface area contributed by atoms with Gasteiger partial charge in [-0.1, -0.05) is 48.9 Å². The van der Waals surface area contributed by atoms with Gasteiger partial charge in [-0.3, -0.25) is 9.59 Å². The number of fused-ring (bicyclic) bond motifs is 1. The van der Waals surface area contributed by atoms with Gasteiger partial charge >= 0.3 is 11.6 Å². The lowest BCUT2D eigenvalue weighted by Gasteiger charge is -2.16. The van der Waals surface area contributed by atoms with Gasteiger partial charge in [-0.15, -0.1) is 0 Å². The SMILES string of the molecule is CCc1cc2oc(=O)cc(COC(=O)[C@H]3CC(=O)N(Cc4ccccc4)C3)c2cc1Cl. The number of carbonyl (C=O) groups is 2. The Bertz CT molecular complexity index is 1190. The number of carbonyl (C=O) groups excluding carboxylic acids is 2. The molecule has 2 heterocycles. The first kappa shape index (κ1) is 21.1. The summed E-state index contributed by atoms with van der Waals surface area (Å²) in [6.45, 7) is 2.65. The zero-order chi connectivity index (χ0) is 22.0. The Labute approximate surface area is 184 Å². The van der Waals surface area contributed by atoms with Crippen molar-refractivity contribution in [3.05, 3.63) is 80.7 Å². The molecule has 1 fully saturated rings. The Morgan fingerprint density at radius 1 is 1.16 bits per heavy atom. The molecular formula is C24H22ClNO5. The number of rotatable bonds is 6. The quantitative estimate of drug-likeness (QED) is 0.427. The molecule has 1 atom stereocenters. The van der Waals surface area contributed by atoms with E-state index in [1.807, 2.05) is 37.3 Å². The van der Waals surface area contributed by atoms with E-state index < -0.39 is 17.5 Å². The number of hydrogen-bond donors (Lipinski definition) is 0. The predicted molar refractivity (Wildman–Crippen MR) is 117 cm³/mol. The smallest absolute Gasteiger partial charge is 0.336 e. The highest BCUT2D eigenvalue weighted by molar-refractivity contribution is 6.32. The maximum Gasteiger partial charge on any atom is 0.336 e. The predicted octanol–water partition coefficient (Wildman–Crippen LogP) is 4.10. The third-order valence-corrected chi connectivity index (χ3v) is 5.86. The van der Waals surface area contributed by atoms with Crippen LogP contribution in [-0.2, 0) is 33.9 Å². The van der Waals surface area contributed by atoms with Crippen LogP contribution in [0.2, 0.25) is 5.02 Å². The van der Waals surface area contributed by atoms with Gasteiger partial charge in [0.15, 0.2) is 0 Å². The third kappa shape index (κ3) is 4.64. The van der Waals surface area contributed by atoms with E-state index in [2.05, 4.69) is 0 Å².